The molecule has 2 aromatic carbocycles. The van der Waals surface area contributed by atoms with E-state index in [1.54, 1.807) is 0 Å². The van der Waals surface area contributed by atoms with Crippen molar-refractivity contribution in [1.29, 1.82) is 0 Å². The number of nitrogens with one attached hydrogen (secondary N) is 1. The third-order valence-electron chi connectivity index (χ3n) is 5.00. The maximum Gasteiger partial charge on any atom is 0.220 e. The van der Waals surface area contributed by atoms with Crippen LogP contribution in [0.5, 0.6) is 0 Å². The van der Waals surface area contributed by atoms with Gasteiger partial charge in [-0.05, 0) is 49.6 Å². The quantitative estimate of drug-likeness (QED) is 0.430. The standard InChI is InChI=1S/C24H27N3OS/c1-17-21(18(2)26-24(25-17)29-3)14-15-23(28)27-22(20-12-8-5-9-13-20)16-19-10-6-4-7-11-19/h4-13,22H,14-16H2,1-3H3,(H,27,28). The molecule has 0 aliphatic carbocycles. The number of aromatic nitrogens is 2. The Morgan fingerprint density at radius 1 is 0.966 bits per heavy atom. The highest BCUT2D eigenvalue weighted by Gasteiger charge is 2.16. The lowest BCUT2D eigenvalue weighted by Gasteiger charge is -2.20. The Balaban J connectivity index is 1.69. The molecule has 3 rings (SSSR count). The van der Waals surface area contributed by atoms with Crippen LogP contribution in [0.2, 0.25) is 0 Å². The van der Waals surface area contributed by atoms with Crippen LogP contribution < -0.4 is 5.32 Å². The van der Waals surface area contributed by atoms with Crippen LogP contribution >= 0.6 is 11.8 Å². The molecule has 0 aliphatic heterocycles. The van der Waals surface area contributed by atoms with E-state index < -0.39 is 0 Å². The number of amides is 1. The van der Waals surface area contributed by atoms with Crippen LogP contribution in [-0.2, 0) is 17.6 Å². The fourth-order valence-corrected chi connectivity index (χ4v) is 3.91. The van der Waals surface area contributed by atoms with Crippen molar-refractivity contribution < 1.29 is 4.79 Å². The molecule has 0 aliphatic rings. The van der Waals surface area contributed by atoms with Crippen molar-refractivity contribution in [2.24, 2.45) is 0 Å². The van der Waals surface area contributed by atoms with E-state index in [0.717, 1.165) is 34.1 Å². The topological polar surface area (TPSA) is 54.9 Å². The van der Waals surface area contributed by atoms with Crippen LogP contribution in [-0.4, -0.2) is 22.1 Å². The van der Waals surface area contributed by atoms with Gasteiger partial charge in [-0.25, -0.2) is 9.97 Å². The van der Waals surface area contributed by atoms with Crippen LogP contribution in [0.25, 0.3) is 0 Å². The molecule has 0 fully saturated rings. The van der Waals surface area contributed by atoms with Gasteiger partial charge in [0.2, 0.25) is 5.91 Å². The van der Waals surface area contributed by atoms with Crippen molar-refractivity contribution in [3.05, 3.63) is 88.7 Å². The second-order valence-electron chi connectivity index (χ2n) is 7.08. The summed E-state index contributed by atoms with van der Waals surface area (Å²) in [4.78, 5) is 21.8. The van der Waals surface area contributed by atoms with Gasteiger partial charge in [0.1, 0.15) is 0 Å². The summed E-state index contributed by atoms with van der Waals surface area (Å²) in [5.74, 6) is 0.0440. The monoisotopic (exact) mass is 405 g/mol. The average molecular weight is 406 g/mol. The molecule has 1 heterocycles. The number of hydrogen-bond acceptors (Lipinski definition) is 4. The lowest BCUT2D eigenvalue weighted by atomic mass is 9.98. The molecule has 0 saturated carbocycles. The summed E-state index contributed by atoms with van der Waals surface area (Å²) >= 11 is 1.54. The fourth-order valence-electron chi connectivity index (χ4n) is 3.45. The van der Waals surface area contributed by atoms with Crippen LogP contribution in [0.3, 0.4) is 0 Å². The molecule has 1 unspecified atom stereocenters. The normalized spacial score (nSPS) is 11.8. The molecule has 1 aromatic heterocycles. The number of aryl methyl sites for hydroxylation is 2. The molecule has 1 atom stereocenters. The molecule has 1 N–H and O–H groups in total. The Morgan fingerprint density at radius 2 is 1.55 bits per heavy atom. The number of thioether (sulfide) groups is 1. The number of carbonyl (C=O) groups is 1. The molecular formula is C24H27N3OS. The van der Waals surface area contributed by atoms with E-state index in [9.17, 15) is 4.79 Å². The van der Waals surface area contributed by atoms with Gasteiger partial charge in [-0.1, -0.05) is 72.4 Å². The Morgan fingerprint density at radius 3 is 2.14 bits per heavy atom. The van der Waals surface area contributed by atoms with Crippen LogP contribution in [0.4, 0.5) is 0 Å². The molecule has 150 valence electrons. The zero-order valence-corrected chi connectivity index (χ0v) is 18.0. The maximum atomic E-state index is 12.8. The molecule has 0 bridgehead atoms. The molecule has 0 spiro atoms. The van der Waals surface area contributed by atoms with E-state index in [2.05, 4.69) is 39.6 Å². The van der Waals surface area contributed by atoms with Crippen molar-refractivity contribution in [2.45, 2.75) is 44.3 Å². The number of carbonyl (C=O) groups excluding carboxylic acids is 1. The summed E-state index contributed by atoms with van der Waals surface area (Å²) in [6, 6.07) is 20.4. The highest BCUT2D eigenvalue weighted by Crippen LogP contribution is 2.20. The first-order chi connectivity index (χ1) is 14.1. The van der Waals surface area contributed by atoms with Crippen molar-refractivity contribution in [2.75, 3.05) is 6.26 Å². The summed E-state index contributed by atoms with van der Waals surface area (Å²) in [5.41, 5.74) is 5.30. The van der Waals surface area contributed by atoms with E-state index >= 15 is 0 Å². The summed E-state index contributed by atoms with van der Waals surface area (Å²) < 4.78 is 0. The van der Waals surface area contributed by atoms with E-state index in [-0.39, 0.29) is 11.9 Å². The summed E-state index contributed by atoms with van der Waals surface area (Å²) in [5, 5.41) is 4.01. The molecule has 29 heavy (non-hydrogen) atoms. The van der Waals surface area contributed by atoms with Gasteiger partial charge in [-0.3, -0.25) is 4.79 Å². The number of hydrogen-bond donors (Lipinski definition) is 1. The number of rotatable bonds is 8. The minimum Gasteiger partial charge on any atom is -0.349 e. The highest BCUT2D eigenvalue weighted by molar-refractivity contribution is 7.98. The maximum absolute atomic E-state index is 12.8. The van der Waals surface area contributed by atoms with Gasteiger partial charge in [0.25, 0.3) is 0 Å². The van der Waals surface area contributed by atoms with Gasteiger partial charge in [-0.2, -0.15) is 0 Å². The first kappa shape index (κ1) is 21.1. The van der Waals surface area contributed by atoms with Gasteiger partial charge < -0.3 is 5.32 Å². The zero-order valence-electron chi connectivity index (χ0n) is 17.2. The largest absolute Gasteiger partial charge is 0.349 e. The zero-order chi connectivity index (χ0) is 20.6. The summed E-state index contributed by atoms with van der Waals surface area (Å²) in [6.07, 6.45) is 3.80. The summed E-state index contributed by atoms with van der Waals surface area (Å²) in [6.45, 7) is 3.98. The van der Waals surface area contributed by atoms with Gasteiger partial charge in [-0.15, -0.1) is 0 Å². The fraction of sp³-hybridized carbons (Fsp3) is 0.292. The van der Waals surface area contributed by atoms with Crippen LogP contribution in [0, 0.1) is 13.8 Å². The summed E-state index contributed by atoms with van der Waals surface area (Å²) in [7, 11) is 0. The predicted octanol–water partition coefficient (Wildman–Crippen LogP) is 4.85. The van der Waals surface area contributed by atoms with Gasteiger partial charge in [0.15, 0.2) is 5.16 Å². The first-order valence-corrected chi connectivity index (χ1v) is 11.1. The Labute approximate surface area is 177 Å². The smallest absolute Gasteiger partial charge is 0.220 e. The molecular weight excluding hydrogens is 378 g/mol. The van der Waals surface area contributed by atoms with Crippen molar-refractivity contribution in [3.8, 4) is 0 Å². The van der Waals surface area contributed by atoms with Gasteiger partial charge in [0, 0.05) is 17.8 Å². The van der Waals surface area contributed by atoms with E-state index in [1.807, 2.05) is 56.5 Å². The average Bonchev–Trinajstić information content (AvgIpc) is 2.74. The molecule has 5 heteroatoms. The molecule has 3 aromatic rings. The second-order valence-corrected chi connectivity index (χ2v) is 7.85. The first-order valence-electron chi connectivity index (χ1n) is 9.83. The number of benzene rings is 2. The molecule has 1 amide bonds. The molecule has 0 saturated heterocycles. The lowest BCUT2D eigenvalue weighted by Crippen LogP contribution is -2.30. The number of nitrogens with zero attached hydrogens (tertiary/aromatic N) is 2. The lowest BCUT2D eigenvalue weighted by molar-refractivity contribution is -0.121. The van der Waals surface area contributed by atoms with E-state index in [0.29, 0.717) is 12.8 Å². The Bertz CT molecular complexity index is 922. The van der Waals surface area contributed by atoms with Crippen molar-refractivity contribution in [3.63, 3.8) is 0 Å². The third-order valence-corrected chi connectivity index (χ3v) is 5.55. The SMILES string of the molecule is CSc1nc(C)c(CCC(=O)NC(Cc2ccccc2)c2ccccc2)c(C)n1. The van der Waals surface area contributed by atoms with Crippen LogP contribution in [0.1, 0.15) is 40.5 Å². The molecule has 0 radical (unpaired) electrons. The van der Waals surface area contributed by atoms with Gasteiger partial charge in [0.05, 0.1) is 6.04 Å². The minimum absolute atomic E-state index is 0.0440. The highest BCUT2D eigenvalue weighted by atomic mass is 32.2. The second kappa shape index (κ2) is 10.2. The third kappa shape index (κ3) is 5.91. The van der Waals surface area contributed by atoms with Gasteiger partial charge >= 0.3 is 0 Å². The predicted molar refractivity (Wildman–Crippen MR) is 119 cm³/mol. The Hall–Kier alpha value is -2.66. The van der Waals surface area contributed by atoms with E-state index in [1.165, 1.54) is 17.3 Å². The Kier molecular flexibility index (Phi) is 7.42. The van der Waals surface area contributed by atoms with E-state index in [4.69, 9.17) is 0 Å². The molecule has 4 nitrogen and oxygen atoms in total. The van der Waals surface area contributed by atoms with Crippen molar-refractivity contribution >= 4 is 17.7 Å². The van der Waals surface area contributed by atoms with Crippen molar-refractivity contribution in [1.82, 2.24) is 15.3 Å². The minimum atomic E-state index is -0.0524. The van der Waals surface area contributed by atoms with Crippen LogP contribution in [0.15, 0.2) is 65.8 Å².